The average Bonchev–Trinajstić information content (AvgIpc) is 2.78. The van der Waals surface area contributed by atoms with Gasteiger partial charge < -0.3 is 10.1 Å². The molecule has 0 bridgehead atoms. The van der Waals surface area contributed by atoms with Crippen molar-refractivity contribution in [2.45, 2.75) is 19.2 Å². The maximum Gasteiger partial charge on any atom is 0.416 e. The number of rotatable bonds is 5. The van der Waals surface area contributed by atoms with Crippen molar-refractivity contribution in [2.75, 3.05) is 5.32 Å². The Kier molecular flexibility index (Phi) is 6.99. The lowest BCUT2D eigenvalue weighted by atomic mass is 10.1. The number of halogens is 3. The van der Waals surface area contributed by atoms with E-state index in [0.717, 1.165) is 29.3 Å². The van der Waals surface area contributed by atoms with Gasteiger partial charge in [-0.1, -0.05) is 48.5 Å². The molecule has 1 atom stereocenters. The summed E-state index contributed by atoms with van der Waals surface area (Å²) in [7, 11) is 0. The lowest BCUT2D eigenvalue weighted by Gasteiger charge is -2.16. The molecule has 0 saturated carbocycles. The lowest BCUT2D eigenvalue weighted by molar-refractivity contribution is -0.137. The van der Waals surface area contributed by atoms with E-state index in [4.69, 9.17) is 4.74 Å². The third-order valence-corrected chi connectivity index (χ3v) is 4.39. The molecule has 0 saturated heterocycles. The number of carbonyl (C=O) groups excluding carboxylic acids is 2. The van der Waals surface area contributed by atoms with E-state index in [0.29, 0.717) is 5.75 Å². The number of carbonyl (C=O) groups is 2. The molecule has 0 aliphatic carbocycles. The molecule has 9 heteroatoms. The second-order valence-corrected chi connectivity index (χ2v) is 6.80. The molecule has 0 aliphatic rings. The monoisotopic (exact) mass is 443 g/mol. The fourth-order valence-corrected chi connectivity index (χ4v) is 2.77. The summed E-state index contributed by atoms with van der Waals surface area (Å²) in [4.78, 5) is 24.0. The van der Waals surface area contributed by atoms with Crippen molar-refractivity contribution in [3.63, 3.8) is 0 Å². The van der Waals surface area contributed by atoms with Gasteiger partial charge in [-0.25, -0.2) is 10.2 Å². The van der Waals surface area contributed by atoms with Crippen LogP contribution in [0.2, 0.25) is 0 Å². The molecule has 0 heterocycles. The Balaban J connectivity index is 1.49. The van der Waals surface area contributed by atoms with Crippen molar-refractivity contribution >= 4 is 17.6 Å². The van der Waals surface area contributed by atoms with Crippen LogP contribution in [0, 0.1) is 0 Å². The Morgan fingerprint density at radius 3 is 2.16 bits per heavy atom. The zero-order valence-electron chi connectivity index (χ0n) is 16.9. The highest BCUT2D eigenvalue weighted by Crippen LogP contribution is 2.30. The van der Waals surface area contributed by atoms with Gasteiger partial charge in [-0.2, -0.15) is 13.2 Å². The zero-order chi connectivity index (χ0) is 23.1. The van der Waals surface area contributed by atoms with Crippen LogP contribution < -0.4 is 20.9 Å². The van der Waals surface area contributed by atoms with E-state index in [9.17, 15) is 22.8 Å². The minimum Gasteiger partial charge on any atom is -0.481 e. The van der Waals surface area contributed by atoms with Crippen LogP contribution in [0.4, 0.5) is 23.7 Å². The minimum atomic E-state index is -4.53. The first-order chi connectivity index (χ1) is 15.2. The van der Waals surface area contributed by atoms with Crippen LogP contribution >= 0.6 is 0 Å². The molecule has 6 nitrogen and oxygen atoms in total. The number of anilines is 1. The molecule has 0 aromatic heterocycles. The molecule has 3 aromatic carbocycles. The first-order valence-corrected chi connectivity index (χ1v) is 9.58. The fourth-order valence-electron chi connectivity index (χ4n) is 2.77. The summed E-state index contributed by atoms with van der Waals surface area (Å²) in [6.07, 6.45) is -5.47. The van der Waals surface area contributed by atoms with E-state index >= 15 is 0 Å². The van der Waals surface area contributed by atoms with Crippen molar-refractivity contribution < 1.29 is 27.5 Å². The molecule has 3 aromatic rings. The zero-order valence-corrected chi connectivity index (χ0v) is 16.9. The highest BCUT2D eigenvalue weighted by Gasteiger charge is 2.30. The second-order valence-electron chi connectivity index (χ2n) is 6.80. The number of hydrogen-bond donors (Lipinski definition) is 3. The van der Waals surface area contributed by atoms with Crippen molar-refractivity contribution in [3.8, 4) is 16.9 Å². The summed E-state index contributed by atoms with van der Waals surface area (Å²) < 4.78 is 43.8. The average molecular weight is 443 g/mol. The number of ether oxygens (including phenoxy) is 1. The molecule has 0 aliphatic heterocycles. The maximum absolute atomic E-state index is 12.7. The second kappa shape index (κ2) is 9.86. The van der Waals surface area contributed by atoms with Gasteiger partial charge in [0.2, 0.25) is 0 Å². The van der Waals surface area contributed by atoms with Crippen LogP contribution in [-0.4, -0.2) is 18.0 Å². The molecule has 0 fully saturated rings. The van der Waals surface area contributed by atoms with Gasteiger partial charge >= 0.3 is 12.2 Å². The van der Waals surface area contributed by atoms with Crippen molar-refractivity contribution in [1.29, 1.82) is 0 Å². The largest absolute Gasteiger partial charge is 0.481 e. The summed E-state index contributed by atoms with van der Waals surface area (Å²) in [6.45, 7) is 1.49. The van der Waals surface area contributed by atoms with Crippen LogP contribution in [0.25, 0.3) is 11.1 Å². The third-order valence-electron chi connectivity index (χ3n) is 4.39. The number of hydrogen-bond acceptors (Lipinski definition) is 3. The maximum atomic E-state index is 12.7. The van der Waals surface area contributed by atoms with Crippen LogP contribution in [0.1, 0.15) is 12.5 Å². The van der Waals surface area contributed by atoms with Gasteiger partial charge in [-0.15, -0.1) is 0 Å². The smallest absolute Gasteiger partial charge is 0.416 e. The molecule has 32 heavy (non-hydrogen) atoms. The van der Waals surface area contributed by atoms with E-state index in [1.165, 1.54) is 13.0 Å². The normalized spacial score (nSPS) is 11.9. The number of urea groups is 1. The van der Waals surface area contributed by atoms with Gasteiger partial charge in [-0.3, -0.25) is 10.2 Å². The summed E-state index contributed by atoms with van der Waals surface area (Å²) in [6, 6.07) is 20.1. The Labute approximate surface area is 182 Å². The Bertz CT molecular complexity index is 1070. The summed E-state index contributed by atoms with van der Waals surface area (Å²) in [5.41, 5.74) is 5.29. The fraction of sp³-hybridized carbons (Fsp3) is 0.130. The quantitative estimate of drug-likeness (QED) is 0.486. The molecule has 3 N–H and O–H groups in total. The Morgan fingerprint density at radius 1 is 0.844 bits per heavy atom. The van der Waals surface area contributed by atoms with Crippen molar-refractivity contribution in [2.24, 2.45) is 0 Å². The molecule has 0 radical (unpaired) electrons. The van der Waals surface area contributed by atoms with Crippen molar-refractivity contribution in [1.82, 2.24) is 10.9 Å². The van der Waals surface area contributed by atoms with E-state index in [2.05, 4.69) is 16.2 Å². The molecule has 3 amide bonds. The predicted molar refractivity (Wildman–Crippen MR) is 114 cm³/mol. The van der Waals surface area contributed by atoms with Gasteiger partial charge in [0.1, 0.15) is 5.75 Å². The van der Waals surface area contributed by atoms with Gasteiger partial charge in [0.05, 0.1) is 5.56 Å². The number of hydrazine groups is 1. The van der Waals surface area contributed by atoms with Crippen LogP contribution in [-0.2, 0) is 11.0 Å². The number of alkyl halides is 3. The van der Waals surface area contributed by atoms with Gasteiger partial charge in [-0.05, 0) is 48.4 Å². The predicted octanol–water partition coefficient (Wildman–Crippen LogP) is 4.99. The molecular weight excluding hydrogens is 423 g/mol. The Morgan fingerprint density at radius 2 is 1.50 bits per heavy atom. The van der Waals surface area contributed by atoms with Gasteiger partial charge in [0.15, 0.2) is 6.10 Å². The summed E-state index contributed by atoms with van der Waals surface area (Å²) >= 11 is 0. The molecule has 0 spiro atoms. The summed E-state index contributed by atoms with van der Waals surface area (Å²) in [5, 5.41) is 2.21. The molecule has 3 rings (SSSR count). The molecule has 0 unspecified atom stereocenters. The number of amides is 3. The molecule has 166 valence electrons. The minimum absolute atomic E-state index is 0.0746. The first kappa shape index (κ1) is 22.7. The summed E-state index contributed by atoms with van der Waals surface area (Å²) in [5.74, 6) is -0.183. The standard InChI is InChI=1S/C23H20F3N3O3/c1-15(32-20-12-10-17(11-13-20)16-6-3-2-4-7-16)21(30)28-29-22(31)27-19-9-5-8-18(14-19)23(24,25)26/h2-15H,1H3,(H,28,30)(H2,27,29,31)/t15-/m0/s1. The first-order valence-electron chi connectivity index (χ1n) is 9.58. The highest BCUT2D eigenvalue weighted by atomic mass is 19.4. The van der Waals surface area contributed by atoms with E-state index in [1.807, 2.05) is 42.5 Å². The topological polar surface area (TPSA) is 79.5 Å². The number of benzene rings is 3. The van der Waals surface area contributed by atoms with E-state index in [1.54, 1.807) is 12.1 Å². The van der Waals surface area contributed by atoms with Crippen LogP contribution in [0.5, 0.6) is 5.75 Å². The van der Waals surface area contributed by atoms with Crippen LogP contribution in [0.15, 0.2) is 78.9 Å². The highest BCUT2D eigenvalue weighted by molar-refractivity contribution is 5.91. The SMILES string of the molecule is C[C@H](Oc1ccc(-c2ccccc2)cc1)C(=O)NNC(=O)Nc1cccc(C(F)(F)F)c1. The van der Waals surface area contributed by atoms with E-state index in [-0.39, 0.29) is 5.69 Å². The lowest BCUT2D eigenvalue weighted by Crippen LogP contribution is -2.48. The number of nitrogens with one attached hydrogen (secondary N) is 3. The van der Waals surface area contributed by atoms with Gasteiger partial charge in [0, 0.05) is 5.69 Å². The van der Waals surface area contributed by atoms with Gasteiger partial charge in [0.25, 0.3) is 5.91 Å². The Hall–Kier alpha value is -4.01. The van der Waals surface area contributed by atoms with E-state index < -0.39 is 29.8 Å². The van der Waals surface area contributed by atoms with Crippen LogP contribution in [0.3, 0.4) is 0 Å². The van der Waals surface area contributed by atoms with Crippen molar-refractivity contribution in [3.05, 3.63) is 84.4 Å². The third kappa shape index (κ3) is 6.24. The molecular formula is C23H20F3N3O3.